The average Bonchev–Trinajstić information content (AvgIpc) is 0.673. The summed E-state index contributed by atoms with van der Waals surface area (Å²) in [6, 6.07) is 0. The zero-order valence-corrected chi connectivity index (χ0v) is 51.0. The number of allylic oxidation sites excluding steroid dienone is 3. The number of ether oxygens (including phenoxy) is 10. The molecule has 0 amide bonds. The van der Waals surface area contributed by atoms with E-state index >= 15 is 0 Å². The highest BCUT2D eigenvalue weighted by molar-refractivity contribution is 5.87. The quantitative estimate of drug-likeness (QED) is 0.0247. The first-order chi connectivity index (χ1) is 41.2. The molecule has 5 aliphatic carbocycles. The number of carboxylic acids is 1. The fraction of sp³-hybridized carbons (Fsp3) is 0.867. The van der Waals surface area contributed by atoms with Crippen molar-refractivity contribution in [2.45, 2.75) is 248 Å². The van der Waals surface area contributed by atoms with Gasteiger partial charge in [0, 0.05) is 17.9 Å². The van der Waals surface area contributed by atoms with Crippen LogP contribution in [0.3, 0.4) is 0 Å². The maximum Gasteiger partial charge on any atom is 0.335 e. The molecule has 0 aromatic rings. The van der Waals surface area contributed by atoms with Crippen LogP contribution < -0.4 is 0 Å². The van der Waals surface area contributed by atoms with Crippen molar-refractivity contribution in [2.75, 3.05) is 26.4 Å². The topological polar surface area (TPSA) is 444 Å². The molecule has 0 aromatic heterocycles. The van der Waals surface area contributed by atoms with Crippen LogP contribution in [0.5, 0.6) is 0 Å². The second-order valence-electron chi connectivity index (χ2n) is 27.8. The van der Waals surface area contributed by atoms with E-state index in [1.807, 2.05) is 13.8 Å². The first-order valence-corrected chi connectivity index (χ1v) is 30.4. The molecule has 0 aromatic carbocycles. The molecule has 31 atom stereocenters. The van der Waals surface area contributed by atoms with Gasteiger partial charge in [0.25, 0.3) is 0 Å². The first-order valence-electron chi connectivity index (χ1n) is 30.4. The SMILES string of the molecule is C/C=C(\C)C(=O)O[C@H]1[C@H](O)[C@]2(COC(C)=O)[C@H](O)C[C@]3(C)C(=CC[C@@H]4[C@@]5(C)CC[C@H](O[C@@H]6O[C@H](C(=O)O)[C@@H](O)[C@H](O[C@@H]7OC[C@H](O)[C@H](O)[C@H]7OC7OC(CO)C(O)C(O)C7O)[C@H]6O[C@@H]6O[C@H](CO)[C@H](O)[C@H](O)[C@H]6O)[C@@](C)(C=O)[C@@H]5CC[C@]43C)[C@@H]2CC1(C)C. The number of carbonyl (C=O) groups excluding carboxylic acids is 3. The van der Waals surface area contributed by atoms with Crippen molar-refractivity contribution in [1.82, 2.24) is 0 Å². The van der Waals surface area contributed by atoms with Crippen LogP contribution >= 0.6 is 0 Å². The van der Waals surface area contributed by atoms with Crippen LogP contribution in [0.25, 0.3) is 0 Å². The van der Waals surface area contributed by atoms with Crippen molar-refractivity contribution in [3.63, 3.8) is 0 Å². The van der Waals surface area contributed by atoms with E-state index < -0.39 is 223 Å². The molecule has 0 bridgehead atoms. The normalized spacial score (nSPS) is 51.1. The summed E-state index contributed by atoms with van der Waals surface area (Å²) in [4.78, 5) is 53.4. The summed E-state index contributed by atoms with van der Waals surface area (Å²) in [5.41, 5.74) is -4.52. The molecule has 4 saturated heterocycles. The highest BCUT2D eigenvalue weighted by Gasteiger charge is 2.74. The van der Waals surface area contributed by atoms with Crippen molar-refractivity contribution in [3.8, 4) is 0 Å². The average molecular weight is 1260 g/mol. The smallest absolute Gasteiger partial charge is 0.335 e. The number of aliphatic hydroxyl groups is 13. The molecule has 14 N–H and O–H groups in total. The van der Waals surface area contributed by atoms with Gasteiger partial charge in [0.05, 0.1) is 42.9 Å². The largest absolute Gasteiger partial charge is 0.479 e. The third-order valence-corrected chi connectivity index (χ3v) is 22.6. The number of esters is 2. The molecule has 9 aliphatic rings. The Hall–Kier alpha value is -3.28. The molecular formula is C60H92O28. The third-order valence-electron chi connectivity index (χ3n) is 22.6. The van der Waals surface area contributed by atoms with Crippen LogP contribution in [0.15, 0.2) is 23.3 Å². The number of carbonyl (C=O) groups is 4. The van der Waals surface area contributed by atoms with Gasteiger partial charge in [0.1, 0.15) is 111 Å². The highest BCUT2D eigenvalue weighted by atomic mass is 16.8. The molecule has 0 spiro atoms. The van der Waals surface area contributed by atoms with Crippen LogP contribution in [-0.2, 0) is 66.5 Å². The monoisotopic (exact) mass is 1260 g/mol. The van der Waals surface area contributed by atoms with Gasteiger partial charge in [-0.3, -0.25) is 4.79 Å². The number of aldehydes is 1. The summed E-state index contributed by atoms with van der Waals surface area (Å²) in [5, 5.41) is 155. The Morgan fingerprint density at radius 3 is 1.82 bits per heavy atom. The Labute approximate surface area is 509 Å². The minimum Gasteiger partial charge on any atom is -0.479 e. The van der Waals surface area contributed by atoms with E-state index in [2.05, 4.69) is 26.8 Å². The van der Waals surface area contributed by atoms with Gasteiger partial charge >= 0.3 is 17.9 Å². The molecule has 88 heavy (non-hydrogen) atoms. The summed E-state index contributed by atoms with van der Waals surface area (Å²) in [6.45, 7) is 13.6. The number of aliphatic carboxylic acids is 1. The minimum atomic E-state index is -2.32. The molecule has 4 aliphatic heterocycles. The fourth-order valence-corrected chi connectivity index (χ4v) is 17.2. The van der Waals surface area contributed by atoms with E-state index in [0.717, 1.165) is 11.9 Å². The molecular weight excluding hydrogens is 1170 g/mol. The minimum absolute atomic E-state index is 0.0926. The molecule has 8 fully saturated rings. The number of aliphatic hydroxyl groups excluding tert-OH is 13. The molecule has 0 radical (unpaired) electrons. The summed E-state index contributed by atoms with van der Waals surface area (Å²) in [6.07, 6.45) is -35.7. The second-order valence-corrected chi connectivity index (χ2v) is 27.8. The molecule has 500 valence electrons. The highest BCUT2D eigenvalue weighted by Crippen LogP contribution is 2.76. The first kappa shape index (κ1) is 69.1. The van der Waals surface area contributed by atoms with Crippen LogP contribution in [-0.4, -0.2) is 263 Å². The van der Waals surface area contributed by atoms with E-state index in [0.29, 0.717) is 37.7 Å². The Morgan fingerprint density at radius 1 is 0.670 bits per heavy atom. The molecule has 9 rings (SSSR count). The Balaban J connectivity index is 1.05. The lowest BCUT2D eigenvalue weighted by Gasteiger charge is -2.72. The van der Waals surface area contributed by atoms with Crippen LogP contribution in [0, 0.1) is 50.2 Å². The third kappa shape index (κ3) is 11.3. The number of hydrogen-bond acceptors (Lipinski definition) is 27. The predicted molar refractivity (Wildman–Crippen MR) is 295 cm³/mol. The lowest BCUT2D eigenvalue weighted by molar-refractivity contribution is -0.400. The van der Waals surface area contributed by atoms with Gasteiger partial charge < -0.3 is 124 Å². The van der Waals surface area contributed by atoms with Crippen LogP contribution in [0.1, 0.15) is 107 Å². The van der Waals surface area contributed by atoms with E-state index in [9.17, 15) is 90.7 Å². The van der Waals surface area contributed by atoms with Crippen LogP contribution in [0.4, 0.5) is 0 Å². The lowest BCUT2D eigenvalue weighted by Crippen LogP contribution is -2.72. The summed E-state index contributed by atoms with van der Waals surface area (Å²) in [7, 11) is 0. The summed E-state index contributed by atoms with van der Waals surface area (Å²) in [5.74, 6) is -4.25. The zero-order chi connectivity index (χ0) is 64.9. The van der Waals surface area contributed by atoms with Crippen molar-refractivity contribution in [2.24, 2.45) is 50.2 Å². The van der Waals surface area contributed by atoms with E-state index in [1.165, 1.54) is 6.92 Å². The van der Waals surface area contributed by atoms with E-state index in [4.69, 9.17) is 47.4 Å². The zero-order valence-electron chi connectivity index (χ0n) is 51.0. The Kier molecular flexibility index (Phi) is 20.1. The van der Waals surface area contributed by atoms with Gasteiger partial charge in [-0.25, -0.2) is 9.59 Å². The molecule has 28 nitrogen and oxygen atoms in total. The maximum absolute atomic E-state index is 14.2. The van der Waals surface area contributed by atoms with Gasteiger partial charge in [-0.1, -0.05) is 59.3 Å². The fourth-order valence-electron chi connectivity index (χ4n) is 17.2. The number of carboxylic acid groups (broad SMARTS) is 1. The second kappa shape index (κ2) is 25.6. The Bertz CT molecular complexity index is 2600. The van der Waals surface area contributed by atoms with Gasteiger partial charge in [-0.15, -0.1) is 0 Å². The van der Waals surface area contributed by atoms with Crippen molar-refractivity contribution in [1.29, 1.82) is 0 Å². The lowest BCUT2D eigenvalue weighted by atomic mass is 9.33. The van der Waals surface area contributed by atoms with Crippen molar-refractivity contribution < 1.29 is 138 Å². The molecule has 28 heteroatoms. The van der Waals surface area contributed by atoms with Gasteiger partial charge in [0.2, 0.25) is 0 Å². The van der Waals surface area contributed by atoms with Crippen molar-refractivity contribution >= 4 is 24.2 Å². The van der Waals surface area contributed by atoms with Crippen LogP contribution in [0.2, 0.25) is 0 Å². The molecule has 5 unspecified atom stereocenters. The number of rotatable bonds is 16. The van der Waals surface area contributed by atoms with Gasteiger partial charge in [-0.05, 0) is 92.8 Å². The summed E-state index contributed by atoms with van der Waals surface area (Å²) >= 11 is 0. The number of fused-ring (bicyclic) bond motifs is 7. The van der Waals surface area contributed by atoms with Gasteiger partial charge in [-0.2, -0.15) is 0 Å². The standard InChI is InChI=1S/C60H92O28/c1-10-24(2)50(78)88-48-47(75)60(23-80-25(3)64)27(17-55(48,4)5)26-11-12-32-56(6)15-14-34(57(7,22-63)31(56)13-16-58(32,8)59(26,9)18-33(60)66)83-54-46(87-52-41(73)39(71)37(69)30(20-62)82-52)43(42(74)44(85-54)49(76)77)84-53-45(35(67)28(65)21-79-53)86-51-40(72)38(70)36(68)29(19-61)81-51/h10-11,22,27-48,51-54,61-62,65-75H,12-21,23H2,1-9H3,(H,76,77)/b24-10+/t27-,28-,29?,30+,31+,32+,33+,34-,35-,36?,37-,38?,39-,40?,41+,42-,43-,44-,45+,46+,47-,48-,51?,52-,53-,54+,56-,57-,58+,59+,60-/m0/s1. The predicted octanol–water partition coefficient (Wildman–Crippen LogP) is -2.65. The van der Waals surface area contributed by atoms with Gasteiger partial charge in [0.15, 0.2) is 31.3 Å². The number of hydrogen-bond donors (Lipinski definition) is 14. The Morgan fingerprint density at radius 2 is 1.26 bits per heavy atom. The van der Waals surface area contributed by atoms with Crippen molar-refractivity contribution in [3.05, 3.63) is 23.3 Å². The van der Waals surface area contributed by atoms with E-state index in [-0.39, 0.29) is 25.4 Å². The summed E-state index contributed by atoms with van der Waals surface area (Å²) < 4.78 is 60.1. The maximum atomic E-state index is 14.2. The molecule has 4 heterocycles. The molecule has 4 saturated carbocycles. The van der Waals surface area contributed by atoms with E-state index in [1.54, 1.807) is 26.8 Å².